The van der Waals surface area contributed by atoms with Gasteiger partial charge in [-0.2, -0.15) is 0 Å². The number of carbonyl (C=O) groups is 3. The molecule has 0 aliphatic rings. The average molecular weight is 1000 g/mol. The lowest BCUT2D eigenvalue weighted by molar-refractivity contribution is -0.167. The standard InChI is InChI=1S/C65H126O6/c1-7-61(6)53-47-41-35-29-23-16-12-10-8-9-11-13-17-24-30-36-42-48-54-63(66)69-57-62(71-65(68)56-50-44-38-32-26-20-19-22-28-34-40-46-52-60(4)5)58-70-64(67)55-49-43-37-31-25-18-14-15-21-27-33-39-45-51-59(2)3/h59-62H,7-58H2,1-6H3/t61?,62-/m1/s1. The summed E-state index contributed by atoms with van der Waals surface area (Å²) < 4.78 is 17.0. The minimum atomic E-state index is -0.764. The summed E-state index contributed by atoms with van der Waals surface area (Å²) in [6, 6.07) is 0. The van der Waals surface area contributed by atoms with Crippen molar-refractivity contribution in [2.75, 3.05) is 13.2 Å². The van der Waals surface area contributed by atoms with E-state index in [1.165, 1.54) is 244 Å². The molecule has 0 rings (SSSR count). The van der Waals surface area contributed by atoms with Crippen LogP contribution in [0.5, 0.6) is 0 Å². The van der Waals surface area contributed by atoms with Crippen molar-refractivity contribution >= 4 is 17.9 Å². The molecule has 0 spiro atoms. The van der Waals surface area contributed by atoms with Gasteiger partial charge >= 0.3 is 17.9 Å². The Hall–Kier alpha value is -1.59. The third-order valence-corrected chi connectivity index (χ3v) is 15.3. The molecule has 0 aromatic heterocycles. The van der Waals surface area contributed by atoms with Crippen LogP contribution in [0.3, 0.4) is 0 Å². The van der Waals surface area contributed by atoms with Crippen molar-refractivity contribution in [1.82, 2.24) is 0 Å². The van der Waals surface area contributed by atoms with Crippen LogP contribution in [0, 0.1) is 17.8 Å². The molecule has 6 heteroatoms. The second-order valence-corrected chi connectivity index (χ2v) is 23.6. The van der Waals surface area contributed by atoms with E-state index in [1.807, 2.05) is 0 Å². The van der Waals surface area contributed by atoms with Crippen LogP contribution in [0.1, 0.15) is 363 Å². The zero-order valence-corrected chi connectivity index (χ0v) is 49.0. The number of rotatable bonds is 58. The highest BCUT2D eigenvalue weighted by Gasteiger charge is 2.19. The van der Waals surface area contributed by atoms with Crippen LogP contribution in [-0.4, -0.2) is 37.2 Å². The van der Waals surface area contributed by atoms with E-state index in [9.17, 15) is 14.4 Å². The first-order valence-electron chi connectivity index (χ1n) is 32.1. The molecule has 0 saturated heterocycles. The Morgan fingerprint density at radius 2 is 0.493 bits per heavy atom. The summed E-state index contributed by atoms with van der Waals surface area (Å²) in [6.45, 7) is 13.8. The van der Waals surface area contributed by atoms with Crippen LogP contribution < -0.4 is 0 Å². The highest BCUT2D eigenvalue weighted by atomic mass is 16.6. The normalized spacial score (nSPS) is 12.5. The minimum absolute atomic E-state index is 0.0627. The molecule has 1 unspecified atom stereocenters. The molecule has 0 fully saturated rings. The smallest absolute Gasteiger partial charge is 0.306 e. The molecule has 0 heterocycles. The lowest BCUT2D eigenvalue weighted by Crippen LogP contribution is -2.30. The van der Waals surface area contributed by atoms with E-state index in [-0.39, 0.29) is 31.1 Å². The van der Waals surface area contributed by atoms with Crippen molar-refractivity contribution in [3.63, 3.8) is 0 Å². The quantitative estimate of drug-likeness (QED) is 0.0343. The van der Waals surface area contributed by atoms with E-state index in [1.54, 1.807) is 0 Å². The van der Waals surface area contributed by atoms with Gasteiger partial charge in [-0.15, -0.1) is 0 Å². The van der Waals surface area contributed by atoms with Gasteiger partial charge in [-0.3, -0.25) is 14.4 Å². The Morgan fingerprint density at radius 1 is 0.282 bits per heavy atom. The highest BCUT2D eigenvalue weighted by molar-refractivity contribution is 5.71. The monoisotopic (exact) mass is 1000 g/mol. The molecule has 0 aromatic rings. The van der Waals surface area contributed by atoms with Crippen LogP contribution in [0.15, 0.2) is 0 Å². The molecule has 0 aliphatic heterocycles. The van der Waals surface area contributed by atoms with Crippen molar-refractivity contribution in [3.05, 3.63) is 0 Å². The molecule has 422 valence electrons. The van der Waals surface area contributed by atoms with Crippen LogP contribution in [-0.2, 0) is 28.6 Å². The number of hydrogen-bond acceptors (Lipinski definition) is 6. The predicted molar refractivity (Wildman–Crippen MR) is 307 cm³/mol. The summed E-state index contributed by atoms with van der Waals surface area (Å²) in [4.78, 5) is 38.3. The van der Waals surface area contributed by atoms with Gasteiger partial charge in [0.25, 0.3) is 0 Å². The molecule has 0 bridgehead atoms. The maximum Gasteiger partial charge on any atom is 0.306 e. The Bertz CT molecular complexity index is 1100. The van der Waals surface area contributed by atoms with Crippen LogP contribution in [0.2, 0.25) is 0 Å². The Balaban J connectivity index is 4.26. The molecule has 0 aromatic carbocycles. The SMILES string of the molecule is CCC(C)CCCCCCCCCCCCCCCCCCCCC(=O)OC[C@H](COC(=O)CCCCCCCCCCCCCCCC(C)C)OC(=O)CCCCCCCCCCCCCCC(C)C. The lowest BCUT2D eigenvalue weighted by Gasteiger charge is -2.18. The molecular weight excluding hydrogens is 877 g/mol. The van der Waals surface area contributed by atoms with Gasteiger partial charge in [0.1, 0.15) is 13.2 Å². The Kier molecular flexibility index (Phi) is 54.9. The summed E-state index contributed by atoms with van der Waals surface area (Å²) in [6.07, 6.45) is 61.0. The molecule has 6 nitrogen and oxygen atoms in total. The van der Waals surface area contributed by atoms with E-state index in [4.69, 9.17) is 14.2 Å². The first-order valence-corrected chi connectivity index (χ1v) is 32.1. The third-order valence-electron chi connectivity index (χ3n) is 15.3. The van der Waals surface area contributed by atoms with E-state index in [0.29, 0.717) is 19.3 Å². The largest absolute Gasteiger partial charge is 0.462 e. The number of ether oxygens (including phenoxy) is 3. The molecule has 0 amide bonds. The first kappa shape index (κ1) is 69.4. The van der Waals surface area contributed by atoms with Gasteiger partial charge < -0.3 is 14.2 Å². The van der Waals surface area contributed by atoms with Gasteiger partial charge in [0.05, 0.1) is 0 Å². The summed E-state index contributed by atoms with van der Waals surface area (Å²) in [5.74, 6) is 1.75. The average Bonchev–Trinajstić information content (AvgIpc) is 3.35. The second kappa shape index (κ2) is 56.1. The van der Waals surface area contributed by atoms with Gasteiger partial charge in [0, 0.05) is 19.3 Å². The second-order valence-electron chi connectivity index (χ2n) is 23.6. The fourth-order valence-electron chi connectivity index (χ4n) is 10.0. The summed E-state index contributed by atoms with van der Waals surface area (Å²) in [7, 11) is 0. The van der Waals surface area contributed by atoms with Crippen LogP contribution in [0.25, 0.3) is 0 Å². The number of carbonyl (C=O) groups excluding carboxylic acids is 3. The maximum atomic E-state index is 12.9. The van der Waals surface area contributed by atoms with Crippen molar-refractivity contribution in [2.45, 2.75) is 369 Å². The van der Waals surface area contributed by atoms with Crippen LogP contribution in [0.4, 0.5) is 0 Å². The molecule has 0 aliphatic carbocycles. The minimum Gasteiger partial charge on any atom is -0.462 e. The van der Waals surface area contributed by atoms with Gasteiger partial charge in [-0.25, -0.2) is 0 Å². The van der Waals surface area contributed by atoms with Crippen molar-refractivity contribution < 1.29 is 28.6 Å². The highest BCUT2D eigenvalue weighted by Crippen LogP contribution is 2.19. The molecule has 0 saturated carbocycles. The molecule has 2 atom stereocenters. The molecular formula is C65H126O6. The molecule has 0 radical (unpaired) electrons. The number of unbranched alkanes of at least 4 members (excludes halogenated alkanes) is 40. The van der Waals surface area contributed by atoms with E-state index >= 15 is 0 Å². The van der Waals surface area contributed by atoms with E-state index in [2.05, 4.69) is 41.5 Å². The lowest BCUT2D eigenvalue weighted by atomic mass is 9.99. The van der Waals surface area contributed by atoms with Crippen molar-refractivity contribution in [3.8, 4) is 0 Å². The fraction of sp³-hybridized carbons (Fsp3) is 0.954. The maximum absolute atomic E-state index is 12.9. The van der Waals surface area contributed by atoms with Gasteiger partial charge in [0.15, 0.2) is 6.10 Å². The summed E-state index contributed by atoms with van der Waals surface area (Å²) >= 11 is 0. The van der Waals surface area contributed by atoms with E-state index < -0.39 is 6.10 Å². The number of esters is 3. The predicted octanol–water partition coefficient (Wildman–Crippen LogP) is 21.5. The zero-order valence-electron chi connectivity index (χ0n) is 49.0. The topological polar surface area (TPSA) is 78.9 Å². The summed E-state index contributed by atoms with van der Waals surface area (Å²) in [5.41, 5.74) is 0. The Morgan fingerprint density at radius 3 is 0.732 bits per heavy atom. The molecule has 0 N–H and O–H groups in total. The van der Waals surface area contributed by atoms with Crippen molar-refractivity contribution in [2.24, 2.45) is 17.8 Å². The van der Waals surface area contributed by atoms with Gasteiger partial charge in [-0.05, 0) is 37.0 Å². The Labute approximate surface area is 444 Å². The van der Waals surface area contributed by atoms with Crippen LogP contribution >= 0.6 is 0 Å². The zero-order chi connectivity index (χ0) is 51.9. The molecule has 71 heavy (non-hydrogen) atoms. The fourth-order valence-corrected chi connectivity index (χ4v) is 10.0. The van der Waals surface area contributed by atoms with Gasteiger partial charge in [0.2, 0.25) is 0 Å². The first-order chi connectivity index (χ1) is 34.6. The third kappa shape index (κ3) is 57.5. The number of hydrogen-bond donors (Lipinski definition) is 0. The summed E-state index contributed by atoms with van der Waals surface area (Å²) in [5, 5.41) is 0. The van der Waals surface area contributed by atoms with E-state index in [0.717, 1.165) is 75.5 Å². The van der Waals surface area contributed by atoms with Crippen molar-refractivity contribution in [1.29, 1.82) is 0 Å². The van der Waals surface area contributed by atoms with Gasteiger partial charge in [-0.1, -0.05) is 324 Å².